The van der Waals surface area contributed by atoms with Crippen molar-refractivity contribution in [1.29, 1.82) is 0 Å². The number of halogens is 3. The Morgan fingerprint density at radius 1 is 1.12 bits per heavy atom. The molecular formula is C19H16Cl2FN3O. The zero-order valence-electron chi connectivity index (χ0n) is 14.2. The van der Waals surface area contributed by atoms with Gasteiger partial charge in [0.05, 0.1) is 33.7 Å². The van der Waals surface area contributed by atoms with Gasteiger partial charge in [0.15, 0.2) is 0 Å². The summed E-state index contributed by atoms with van der Waals surface area (Å²) in [7, 11) is 0. The van der Waals surface area contributed by atoms with E-state index in [9.17, 15) is 9.18 Å². The Labute approximate surface area is 160 Å². The molecule has 3 aromatic rings. The zero-order valence-corrected chi connectivity index (χ0v) is 15.7. The minimum absolute atomic E-state index is 0.315. The van der Waals surface area contributed by atoms with Crippen LogP contribution in [0.15, 0.2) is 42.5 Å². The number of nitrogens with zero attached hydrogens (tertiary/aromatic N) is 2. The first-order valence-corrected chi connectivity index (χ1v) is 8.65. The average Bonchev–Trinajstić information content (AvgIpc) is 2.86. The van der Waals surface area contributed by atoms with Crippen molar-refractivity contribution in [3.63, 3.8) is 0 Å². The Kier molecular flexibility index (Phi) is 5.30. The largest absolute Gasteiger partial charge is 0.319 e. The molecular weight excluding hydrogens is 376 g/mol. The maximum atomic E-state index is 13.0. The van der Waals surface area contributed by atoms with Gasteiger partial charge in [-0.3, -0.25) is 9.48 Å². The predicted molar refractivity (Wildman–Crippen MR) is 102 cm³/mol. The summed E-state index contributed by atoms with van der Waals surface area (Å²) in [5.41, 5.74) is 3.46. The summed E-state index contributed by atoms with van der Waals surface area (Å²) in [4.78, 5) is 12.4. The van der Waals surface area contributed by atoms with Gasteiger partial charge in [-0.25, -0.2) is 4.39 Å². The molecule has 0 atom stereocenters. The minimum atomic E-state index is -0.386. The van der Waals surface area contributed by atoms with Gasteiger partial charge in [0.25, 0.3) is 5.91 Å². The number of carbonyl (C=O) groups excluding carboxylic acids is 1. The van der Waals surface area contributed by atoms with Crippen molar-refractivity contribution in [3.8, 4) is 0 Å². The summed E-state index contributed by atoms with van der Waals surface area (Å²) < 4.78 is 14.8. The second-order valence-electron chi connectivity index (χ2n) is 5.91. The average molecular weight is 392 g/mol. The van der Waals surface area contributed by atoms with Crippen molar-refractivity contribution in [2.45, 2.75) is 20.4 Å². The number of hydrogen-bond donors (Lipinski definition) is 1. The molecule has 3 rings (SSSR count). The summed E-state index contributed by atoms with van der Waals surface area (Å²) in [6.07, 6.45) is 0. The maximum Gasteiger partial charge on any atom is 0.255 e. The van der Waals surface area contributed by atoms with Crippen LogP contribution < -0.4 is 5.32 Å². The molecule has 0 bridgehead atoms. The molecule has 0 aliphatic carbocycles. The first-order valence-electron chi connectivity index (χ1n) is 7.90. The number of hydrogen-bond acceptors (Lipinski definition) is 2. The van der Waals surface area contributed by atoms with E-state index in [-0.39, 0.29) is 11.7 Å². The highest BCUT2D eigenvalue weighted by Crippen LogP contribution is 2.25. The second kappa shape index (κ2) is 7.48. The Hall–Kier alpha value is -2.37. The van der Waals surface area contributed by atoms with E-state index in [0.717, 1.165) is 11.3 Å². The molecule has 0 saturated heterocycles. The second-order valence-corrected chi connectivity index (χ2v) is 6.73. The molecule has 1 N–H and O–H groups in total. The van der Waals surface area contributed by atoms with E-state index in [1.807, 2.05) is 19.9 Å². The quantitative estimate of drug-likeness (QED) is 0.660. The van der Waals surface area contributed by atoms with Gasteiger partial charge in [-0.05, 0) is 55.8 Å². The Morgan fingerprint density at radius 2 is 1.81 bits per heavy atom. The van der Waals surface area contributed by atoms with E-state index in [1.165, 1.54) is 24.3 Å². The number of benzene rings is 2. The number of rotatable bonds is 4. The molecule has 4 nitrogen and oxygen atoms in total. The number of carbonyl (C=O) groups is 1. The van der Waals surface area contributed by atoms with E-state index in [0.29, 0.717) is 33.5 Å². The molecule has 0 radical (unpaired) electrons. The number of anilines is 1. The highest BCUT2D eigenvalue weighted by atomic mass is 35.5. The van der Waals surface area contributed by atoms with Crippen LogP contribution in [0, 0.1) is 19.7 Å². The van der Waals surface area contributed by atoms with Gasteiger partial charge >= 0.3 is 0 Å². The van der Waals surface area contributed by atoms with Gasteiger partial charge in [-0.2, -0.15) is 5.10 Å². The minimum Gasteiger partial charge on any atom is -0.319 e. The van der Waals surface area contributed by atoms with Crippen LogP contribution in [-0.4, -0.2) is 15.7 Å². The lowest BCUT2D eigenvalue weighted by atomic mass is 10.2. The van der Waals surface area contributed by atoms with Crippen molar-refractivity contribution < 1.29 is 9.18 Å². The molecule has 26 heavy (non-hydrogen) atoms. The van der Waals surface area contributed by atoms with E-state index < -0.39 is 0 Å². The maximum absolute atomic E-state index is 13.0. The van der Waals surface area contributed by atoms with Crippen molar-refractivity contribution in [1.82, 2.24) is 9.78 Å². The van der Waals surface area contributed by atoms with Gasteiger partial charge < -0.3 is 5.32 Å². The summed E-state index contributed by atoms with van der Waals surface area (Å²) >= 11 is 12.0. The van der Waals surface area contributed by atoms with Crippen LogP contribution in [-0.2, 0) is 6.54 Å². The Morgan fingerprint density at radius 3 is 2.46 bits per heavy atom. The molecule has 0 aliphatic heterocycles. The van der Waals surface area contributed by atoms with Crippen molar-refractivity contribution in [3.05, 3.63) is 80.8 Å². The predicted octanol–water partition coefficient (Wildman–Crippen LogP) is 5.25. The fourth-order valence-electron chi connectivity index (χ4n) is 2.63. The summed E-state index contributed by atoms with van der Waals surface area (Å²) in [6.45, 7) is 4.19. The van der Waals surface area contributed by atoms with Crippen LogP contribution in [0.3, 0.4) is 0 Å². The molecule has 1 aromatic heterocycles. The lowest BCUT2D eigenvalue weighted by Gasteiger charge is -2.08. The smallest absolute Gasteiger partial charge is 0.255 e. The number of nitrogens with one attached hydrogen (secondary N) is 1. The summed E-state index contributed by atoms with van der Waals surface area (Å²) in [6, 6.07) is 10.8. The van der Waals surface area contributed by atoms with Crippen LogP contribution in [0.25, 0.3) is 0 Å². The van der Waals surface area contributed by atoms with E-state index >= 15 is 0 Å². The van der Waals surface area contributed by atoms with Crippen molar-refractivity contribution >= 4 is 34.8 Å². The third-order valence-electron chi connectivity index (χ3n) is 4.04. The molecule has 134 valence electrons. The molecule has 0 spiro atoms. The molecule has 7 heteroatoms. The third kappa shape index (κ3) is 3.89. The normalized spacial score (nSPS) is 10.8. The van der Waals surface area contributed by atoms with Crippen molar-refractivity contribution in [2.24, 2.45) is 0 Å². The van der Waals surface area contributed by atoms with Crippen LogP contribution in [0.4, 0.5) is 10.1 Å². The fourth-order valence-corrected chi connectivity index (χ4v) is 2.95. The molecule has 0 unspecified atom stereocenters. The molecule has 1 heterocycles. The van der Waals surface area contributed by atoms with E-state index in [1.54, 1.807) is 16.8 Å². The van der Waals surface area contributed by atoms with E-state index in [4.69, 9.17) is 23.2 Å². The first kappa shape index (κ1) is 18.4. The monoisotopic (exact) mass is 391 g/mol. The van der Waals surface area contributed by atoms with Gasteiger partial charge in [0, 0.05) is 5.56 Å². The highest BCUT2D eigenvalue weighted by molar-refractivity contribution is 6.42. The van der Waals surface area contributed by atoms with Gasteiger partial charge in [-0.1, -0.05) is 29.3 Å². The number of amides is 1. The van der Waals surface area contributed by atoms with Gasteiger partial charge in [0.2, 0.25) is 0 Å². The lowest BCUT2D eigenvalue weighted by molar-refractivity contribution is 0.102. The number of aromatic nitrogens is 2. The molecule has 0 fully saturated rings. The van der Waals surface area contributed by atoms with Crippen LogP contribution in [0.1, 0.15) is 27.3 Å². The first-order chi connectivity index (χ1) is 12.3. The SMILES string of the molecule is Cc1nn(Cc2ccc(Cl)c(Cl)c2)c(C)c1NC(=O)c1ccc(F)cc1. The summed E-state index contributed by atoms with van der Waals surface area (Å²) in [5, 5.41) is 8.31. The van der Waals surface area contributed by atoms with E-state index in [2.05, 4.69) is 10.4 Å². The highest BCUT2D eigenvalue weighted by Gasteiger charge is 2.16. The molecule has 2 aromatic carbocycles. The van der Waals surface area contributed by atoms with Crippen LogP contribution in [0.5, 0.6) is 0 Å². The van der Waals surface area contributed by atoms with Crippen LogP contribution >= 0.6 is 23.2 Å². The van der Waals surface area contributed by atoms with Crippen molar-refractivity contribution in [2.75, 3.05) is 5.32 Å². The lowest BCUT2D eigenvalue weighted by Crippen LogP contribution is -2.13. The third-order valence-corrected chi connectivity index (χ3v) is 4.78. The standard InChI is InChI=1S/C19H16Cl2FN3O/c1-11-18(23-19(26)14-4-6-15(22)7-5-14)12(2)25(24-11)10-13-3-8-16(20)17(21)9-13/h3-9H,10H2,1-2H3,(H,23,26). The number of aryl methyl sites for hydroxylation is 1. The summed E-state index contributed by atoms with van der Waals surface area (Å²) in [5.74, 6) is -0.700. The topological polar surface area (TPSA) is 46.9 Å². The molecule has 1 amide bonds. The van der Waals surface area contributed by atoms with Gasteiger partial charge in [0.1, 0.15) is 5.82 Å². The molecule has 0 aliphatic rings. The Bertz CT molecular complexity index is 968. The Balaban J connectivity index is 1.82. The fraction of sp³-hybridized carbons (Fsp3) is 0.158. The zero-order chi connectivity index (χ0) is 18.8. The van der Waals surface area contributed by atoms with Gasteiger partial charge in [-0.15, -0.1) is 0 Å². The molecule has 0 saturated carbocycles. The van der Waals surface area contributed by atoms with Crippen LogP contribution in [0.2, 0.25) is 10.0 Å².